The number of benzene rings is 2. The number of ether oxygens (including phenoxy) is 2. The van der Waals surface area contributed by atoms with Gasteiger partial charge in [-0.3, -0.25) is 10.1 Å². The molecule has 0 radical (unpaired) electrons. The molecule has 0 N–H and O–H groups in total. The molecule has 0 heterocycles. The van der Waals surface area contributed by atoms with Crippen molar-refractivity contribution in [1.82, 2.24) is 0 Å². The van der Waals surface area contributed by atoms with Crippen molar-refractivity contribution in [3.63, 3.8) is 0 Å². The molecule has 0 saturated carbocycles. The summed E-state index contributed by atoms with van der Waals surface area (Å²) >= 11 is 6.07. The second-order valence-corrected chi connectivity index (χ2v) is 5.10. The minimum atomic E-state index is -0.603. The third-order valence-corrected chi connectivity index (χ3v) is 3.47. The van der Waals surface area contributed by atoms with Crippen molar-refractivity contribution >= 4 is 29.3 Å². The molecular formula is C17H14ClNO5. The summed E-state index contributed by atoms with van der Waals surface area (Å²) in [6.45, 7) is -0.192. The second kappa shape index (κ2) is 8.12. The zero-order valence-corrected chi connectivity index (χ0v) is 13.5. The number of methoxy groups -OCH3 is 1. The fourth-order valence-corrected chi connectivity index (χ4v) is 2.15. The van der Waals surface area contributed by atoms with Gasteiger partial charge in [0.05, 0.1) is 17.6 Å². The van der Waals surface area contributed by atoms with Crippen molar-refractivity contribution in [3.05, 3.63) is 74.8 Å². The molecule has 0 amide bonds. The predicted octanol–water partition coefficient (Wildman–Crippen LogP) is 3.88. The third-order valence-electron chi connectivity index (χ3n) is 3.13. The number of carbonyl (C=O) groups excluding carboxylic acids is 1. The van der Waals surface area contributed by atoms with Crippen LogP contribution in [0.3, 0.4) is 0 Å². The molecule has 124 valence electrons. The van der Waals surface area contributed by atoms with Crippen molar-refractivity contribution in [1.29, 1.82) is 0 Å². The van der Waals surface area contributed by atoms with Crippen LogP contribution in [0.4, 0.5) is 5.69 Å². The molecule has 0 fully saturated rings. The van der Waals surface area contributed by atoms with Crippen LogP contribution in [-0.2, 0) is 9.53 Å². The monoisotopic (exact) mass is 347 g/mol. The molecule has 2 aromatic carbocycles. The highest BCUT2D eigenvalue weighted by molar-refractivity contribution is 6.32. The normalized spacial score (nSPS) is 11.0. The number of nitrogens with zero attached hydrogens (tertiary/aromatic N) is 1. The molecule has 0 aliphatic rings. The van der Waals surface area contributed by atoms with E-state index < -0.39 is 10.9 Å². The number of para-hydroxylation sites is 2. The number of hydrogen-bond acceptors (Lipinski definition) is 5. The largest absolute Gasteiger partial charge is 0.482 e. The van der Waals surface area contributed by atoms with Crippen LogP contribution in [0.25, 0.3) is 6.08 Å². The predicted molar refractivity (Wildman–Crippen MR) is 90.0 cm³/mol. The van der Waals surface area contributed by atoms with E-state index in [1.165, 1.54) is 31.4 Å². The number of halogens is 1. The van der Waals surface area contributed by atoms with E-state index in [-0.39, 0.29) is 23.6 Å². The van der Waals surface area contributed by atoms with Gasteiger partial charge in [-0.05, 0) is 23.8 Å². The van der Waals surface area contributed by atoms with Gasteiger partial charge in [-0.25, -0.2) is 4.79 Å². The number of rotatable bonds is 6. The SMILES string of the molecule is COC(=O)/C(=C/c1ccccc1Cl)COc1ccccc1[N+](=O)[O-]. The lowest BCUT2D eigenvalue weighted by Gasteiger charge is -2.09. The van der Waals surface area contributed by atoms with E-state index in [4.69, 9.17) is 21.1 Å². The molecule has 0 spiro atoms. The summed E-state index contributed by atoms with van der Waals surface area (Å²) in [6, 6.07) is 12.9. The lowest BCUT2D eigenvalue weighted by atomic mass is 10.1. The molecule has 0 unspecified atom stereocenters. The van der Waals surface area contributed by atoms with Gasteiger partial charge in [-0.1, -0.05) is 41.9 Å². The lowest BCUT2D eigenvalue weighted by molar-refractivity contribution is -0.385. The minimum absolute atomic E-state index is 0.0662. The molecule has 7 heteroatoms. The van der Waals surface area contributed by atoms with E-state index in [9.17, 15) is 14.9 Å². The molecule has 0 aliphatic carbocycles. The van der Waals surface area contributed by atoms with Crippen molar-refractivity contribution in [2.75, 3.05) is 13.7 Å². The van der Waals surface area contributed by atoms with Gasteiger partial charge in [0.2, 0.25) is 0 Å². The number of nitro benzene ring substituents is 1. The van der Waals surface area contributed by atoms with E-state index in [1.807, 2.05) is 0 Å². The van der Waals surface area contributed by atoms with Gasteiger partial charge in [-0.2, -0.15) is 0 Å². The van der Waals surface area contributed by atoms with Gasteiger partial charge in [0.15, 0.2) is 5.75 Å². The molecular weight excluding hydrogens is 334 g/mol. The summed E-state index contributed by atoms with van der Waals surface area (Å²) in [7, 11) is 1.24. The average molecular weight is 348 g/mol. The van der Waals surface area contributed by atoms with Crippen LogP contribution < -0.4 is 4.74 Å². The summed E-state index contributed by atoms with van der Waals surface area (Å²) in [5.41, 5.74) is 0.619. The average Bonchev–Trinajstić information content (AvgIpc) is 2.59. The van der Waals surface area contributed by atoms with Crippen LogP contribution in [0, 0.1) is 10.1 Å². The Kier molecular flexibility index (Phi) is 5.92. The first-order valence-electron chi connectivity index (χ1n) is 6.92. The number of carbonyl (C=O) groups is 1. The third kappa shape index (κ3) is 4.33. The smallest absolute Gasteiger partial charge is 0.337 e. The lowest BCUT2D eigenvalue weighted by Crippen LogP contribution is -2.13. The van der Waals surface area contributed by atoms with Gasteiger partial charge < -0.3 is 9.47 Å². The molecule has 2 rings (SSSR count). The Morgan fingerprint density at radius 3 is 2.54 bits per heavy atom. The van der Waals surface area contributed by atoms with Gasteiger partial charge in [0.1, 0.15) is 6.61 Å². The Balaban J connectivity index is 2.27. The summed E-state index contributed by atoms with van der Waals surface area (Å²) in [6.07, 6.45) is 1.53. The summed E-state index contributed by atoms with van der Waals surface area (Å²) in [5, 5.41) is 11.5. The van der Waals surface area contributed by atoms with Crippen LogP contribution in [0.5, 0.6) is 5.75 Å². The summed E-state index contributed by atoms with van der Waals surface area (Å²) in [5.74, 6) is -0.537. The zero-order chi connectivity index (χ0) is 17.5. The van der Waals surface area contributed by atoms with E-state index in [1.54, 1.807) is 30.3 Å². The number of hydrogen-bond donors (Lipinski definition) is 0. The van der Waals surface area contributed by atoms with Crippen LogP contribution in [0.1, 0.15) is 5.56 Å². The highest BCUT2D eigenvalue weighted by atomic mass is 35.5. The number of esters is 1. The number of nitro groups is 1. The Morgan fingerprint density at radius 1 is 1.21 bits per heavy atom. The maximum absolute atomic E-state index is 11.9. The van der Waals surface area contributed by atoms with Gasteiger partial charge in [0.25, 0.3) is 0 Å². The first kappa shape index (κ1) is 17.5. The van der Waals surface area contributed by atoms with Gasteiger partial charge in [-0.15, -0.1) is 0 Å². The topological polar surface area (TPSA) is 78.7 Å². The fourth-order valence-electron chi connectivity index (χ4n) is 1.96. The molecule has 6 nitrogen and oxygen atoms in total. The Hall–Kier alpha value is -2.86. The molecule has 0 aromatic heterocycles. The van der Waals surface area contributed by atoms with Crippen molar-refractivity contribution < 1.29 is 19.2 Å². The van der Waals surface area contributed by atoms with Crippen LogP contribution in [0.15, 0.2) is 54.1 Å². The van der Waals surface area contributed by atoms with E-state index in [0.29, 0.717) is 10.6 Å². The fraction of sp³-hybridized carbons (Fsp3) is 0.118. The Morgan fingerprint density at radius 2 is 1.88 bits per heavy atom. The summed E-state index contributed by atoms with van der Waals surface area (Å²) in [4.78, 5) is 22.4. The molecule has 0 saturated heterocycles. The molecule has 0 atom stereocenters. The maximum atomic E-state index is 11.9. The minimum Gasteiger partial charge on any atom is -0.482 e. The first-order valence-corrected chi connectivity index (χ1v) is 7.30. The molecule has 24 heavy (non-hydrogen) atoms. The van der Waals surface area contributed by atoms with Crippen LogP contribution in [-0.4, -0.2) is 24.6 Å². The molecule has 0 bridgehead atoms. The summed E-state index contributed by atoms with van der Waals surface area (Å²) < 4.78 is 10.2. The highest BCUT2D eigenvalue weighted by Gasteiger charge is 2.17. The van der Waals surface area contributed by atoms with Crippen LogP contribution >= 0.6 is 11.6 Å². The van der Waals surface area contributed by atoms with E-state index >= 15 is 0 Å². The van der Waals surface area contributed by atoms with Gasteiger partial charge >= 0.3 is 11.7 Å². The maximum Gasteiger partial charge on any atom is 0.337 e. The molecule has 0 aliphatic heterocycles. The quantitative estimate of drug-likeness (QED) is 0.343. The van der Waals surface area contributed by atoms with Crippen molar-refractivity contribution in [3.8, 4) is 5.75 Å². The Bertz CT molecular complexity index is 788. The van der Waals surface area contributed by atoms with E-state index in [0.717, 1.165) is 0 Å². The van der Waals surface area contributed by atoms with Crippen molar-refractivity contribution in [2.45, 2.75) is 0 Å². The molecule has 2 aromatic rings. The zero-order valence-electron chi connectivity index (χ0n) is 12.8. The second-order valence-electron chi connectivity index (χ2n) is 4.70. The van der Waals surface area contributed by atoms with Crippen molar-refractivity contribution in [2.24, 2.45) is 0 Å². The van der Waals surface area contributed by atoms with Crippen LogP contribution in [0.2, 0.25) is 5.02 Å². The van der Waals surface area contributed by atoms with E-state index in [2.05, 4.69) is 0 Å². The van der Waals surface area contributed by atoms with Gasteiger partial charge in [0, 0.05) is 11.1 Å². The Labute approximate surface area is 143 Å². The standard InChI is InChI=1S/C17H14ClNO5/c1-23-17(20)13(10-12-6-2-3-7-14(12)18)11-24-16-9-5-4-8-15(16)19(21)22/h2-10H,11H2,1H3/b13-10+. The first-order chi connectivity index (χ1) is 11.5. The highest BCUT2D eigenvalue weighted by Crippen LogP contribution is 2.27.